The highest BCUT2D eigenvalue weighted by atomic mass is 16.5. The van der Waals surface area contributed by atoms with Crippen LogP contribution in [0.5, 0.6) is 0 Å². The van der Waals surface area contributed by atoms with Gasteiger partial charge in [-0.1, -0.05) is 12.8 Å². The van der Waals surface area contributed by atoms with Crippen LogP contribution in [0.3, 0.4) is 0 Å². The highest BCUT2D eigenvalue weighted by Gasteiger charge is 2.17. The Morgan fingerprint density at radius 1 is 1.77 bits per heavy atom. The number of rotatable bonds is 5. The van der Waals surface area contributed by atoms with Crippen molar-refractivity contribution < 1.29 is 9.53 Å². The Labute approximate surface area is 78.8 Å². The van der Waals surface area contributed by atoms with Crippen LogP contribution >= 0.6 is 0 Å². The molecule has 0 spiro atoms. The zero-order chi connectivity index (χ0) is 10.3. The molecule has 13 heavy (non-hydrogen) atoms. The number of nitrogens with one attached hydrogen (secondary N) is 1. The number of carbonyl (C=O) groups excluding carboxylic acids is 1. The summed E-state index contributed by atoms with van der Waals surface area (Å²) < 4.78 is 4.85. The van der Waals surface area contributed by atoms with Crippen LogP contribution in [0.15, 0.2) is 0 Å². The zero-order valence-electron chi connectivity index (χ0n) is 8.04. The van der Waals surface area contributed by atoms with Gasteiger partial charge >= 0.3 is 0 Å². The minimum absolute atomic E-state index is 0.156. The van der Waals surface area contributed by atoms with Gasteiger partial charge in [-0.05, 0) is 6.42 Å². The van der Waals surface area contributed by atoms with E-state index in [1.54, 1.807) is 0 Å². The third-order valence-electron chi connectivity index (χ3n) is 1.72. The standard InChI is InChI=1S/C9H16N2O2/c1-4-7(5-2)11-9(12)8(6-10)13-3/h1,7-8H,5-6,10H2,2-3H3,(H,11,12). The molecule has 4 nitrogen and oxygen atoms in total. The van der Waals surface area contributed by atoms with Gasteiger partial charge in [0.1, 0.15) is 6.10 Å². The Morgan fingerprint density at radius 2 is 2.38 bits per heavy atom. The fourth-order valence-electron chi connectivity index (χ4n) is 0.837. The third kappa shape index (κ3) is 3.92. The minimum atomic E-state index is -0.609. The summed E-state index contributed by atoms with van der Waals surface area (Å²) >= 11 is 0. The largest absolute Gasteiger partial charge is 0.370 e. The molecule has 0 aliphatic heterocycles. The van der Waals surface area contributed by atoms with E-state index in [4.69, 9.17) is 16.9 Å². The summed E-state index contributed by atoms with van der Waals surface area (Å²) in [5.74, 6) is 2.20. The number of terminal acetylenes is 1. The van der Waals surface area contributed by atoms with Gasteiger partial charge in [-0.25, -0.2) is 0 Å². The minimum Gasteiger partial charge on any atom is -0.370 e. The van der Waals surface area contributed by atoms with Crippen molar-refractivity contribution in [3.8, 4) is 12.3 Å². The zero-order valence-corrected chi connectivity index (χ0v) is 8.04. The lowest BCUT2D eigenvalue weighted by atomic mass is 10.2. The molecule has 0 fully saturated rings. The second-order valence-corrected chi connectivity index (χ2v) is 2.60. The number of methoxy groups -OCH3 is 1. The maximum atomic E-state index is 11.3. The molecule has 0 aliphatic carbocycles. The van der Waals surface area contributed by atoms with Crippen LogP contribution < -0.4 is 11.1 Å². The first-order chi connectivity index (χ1) is 6.19. The van der Waals surface area contributed by atoms with Crippen molar-refractivity contribution in [3.63, 3.8) is 0 Å². The maximum absolute atomic E-state index is 11.3. The van der Waals surface area contributed by atoms with E-state index in [1.807, 2.05) is 6.92 Å². The number of amides is 1. The van der Waals surface area contributed by atoms with Gasteiger partial charge in [0.05, 0.1) is 6.04 Å². The van der Waals surface area contributed by atoms with Crippen LogP contribution in [0.2, 0.25) is 0 Å². The predicted molar refractivity (Wildman–Crippen MR) is 50.9 cm³/mol. The van der Waals surface area contributed by atoms with Crippen molar-refractivity contribution in [1.29, 1.82) is 0 Å². The van der Waals surface area contributed by atoms with Gasteiger partial charge in [0.25, 0.3) is 5.91 Å². The number of nitrogens with two attached hydrogens (primary N) is 1. The van der Waals surface area contributed by atoms with Gasteiger partial charge < -0.3 is 15.8 Å². The van der Waals surface area contributed by atoms with E-state index < -0.39 is 6.10 Å². The predicted octanol–water partition coefficient (Wildman–Crippen LogP) is -0.512. The number of hydrogen-bond donors (Lipinski definition) is 2. The molecule has 4 heteroatoms. The number of hydrogen-bond acceptors (Lipinski definition) is 3. The lowest BCUT2D eigenvalue weighted by Crippen LogP contribution is -2.44. The number of ether oxygens (including phenoxy) is 1. The molecule has 0 aliphatic rings. The SMILES string of the molecule is C#CC(CC)NC(=O)C(CN)OC. The molecule has 0 aromatic rings. The normalized spacial score (nSPS) is 14.3. The highest BCUT2D eigenvalue weighted by Crippen LogP contribution is 1.92. The molecule has 3 N–H and O–H groups in total. The topological polar surface area (TPSA) is 64.4 Å². The van der Waals surface area contributed by atoms with Crippen LogP contribution in [-0.2, 0) is 9.53 Å². The molecule has 0 heterocycles. The summed E-state index contributed by atoms with van der Waals surface area (Å²) in [5, 5.41) is 2.64. The molecule has 0 saturated carbocycles. The maximum Gasteiger partial charge on any atom is 0.251 e. The molecule has 74 valence electrons. The first kappa shape index (κ1) is 11.9. The van der Waals surface area contributed by atoms with Gasteiger partial charge in [-0.15, -0.1) is 6.42 Å². The first-order valence-corrected chi connectivity index (χ1v) is 4.18. The van der Waals surface area contributed by atoms with Gasteiger partial charge in [0.2, 0.25) is 0 Å². The Kier molecular flexibility index (Phi) is 5.94. The third-order valence-corrected chi connectivity index (χ3v) is 1.72. The molecule has 0 rings (SSSR count). The monoisotopic (exact) mass is 184 g/mol. The second-order valence-electron chi connectivity index (χ2n) is 2.60. The van der Waals surface area contributed by atoms with Crippen molar-refractivity contribution in [3.05, 3.63) is 0 Å². The molecular weight excluding hydrogens is 168 g/mol. The van der Waals surface area contributed by atoms with Crippen LogP contribution in [-0.4, -0.2) is 31.7 Å². The van der Waals surface area contributed by atoms with Crippen molar-refractivity contribution in [1.82, 2.24) is 5.32 Å². The fourth-order valence-corrected chi connectivity index (χ4v) is 0.837. The first-order valence-electron chi connectivity index (χ1n) is 4.18. The summed E-state index contributed by atoms with van der Waals surface area (Å²) in [7, 11) is 1.44. The van der Waals surface area contributed by atoms with Gasteiger partial charge in [-0.3, -0.25) is 4.79 Å². The number of carbonyl (C=O) groups is 1. The average molecular weight is 184 g/mol. The summed E-state index contributed by atoms with van der Waals surface area (Å²) in [6, 6.07) is -0.239. The van der Waals surface area contributed by atoms with Gasteiger partial charge in [-0.2, -0.15) is 0 Å². The Hall–Kier alpha value is -1.05. The van der Waals surface area contributed by atoms with Crippen molar-refractivity contribution in [2.45, 2.75) is 25.5 Å². The van der Waals surface area contributed by atoms with Crippen LogP contribution in [0.25, 0.3) is 0 Å². The van der Waals surface area contributed by atoms with E-state index in [0.717, 1.165) is 0 Å². The summed E-state index contributed by atoms with van der Waals surface area (Å²) in [5.41, 5.74) is 5.31. The molecule has 1 amide bonds. The molecule has 0 bridgehead atoms. The quantitative estimate of drug-likeness (QED) is 0.565. The van der Waals surface area contributed by atoms with Crippen LogP contribution in [0, 0.1) is 12.3 Å². The molecule has 0 radical (unpaired) electrons. The van der Waals surface area contributed by atoms with E-state index in [2.05, 4.69) is 11.2 Å². The lowest BCUT2D eigenvalue weighted by molar-refractivity contribution is -0.130. The molecule has 0 aromatic heterocycles. The molecule has 0 saturated heterocycles. The van der Waals surface area contributed by atoms with Crippen molar-refractivity contribution >= 4 is 5.91 Å². The van der Waals surface area contributed by atoms with Crippen LogP contribution in [0.4, 0.5) is 0 Å². The summed E-state index contributed by atoms with van der Waals surface area (Å²) in [6.07, 6.45) is 5.27. The lowest BCUT2D eigenvalue weighted by Gasteiger charge is -2.16. The Balaban J connectivity index is 4.05. The molecule has 2 atom stereocenters. The second kappa shape index (κ2) is 6.46. The van der Waals surface area contributed by atoms with E-state index in [9.17, 15) is 4.79 Å². The van der Waals surface area contributed by atoms with Gasteiger partial charge in [0, 0.05) is 13.7 Å². The van der Waals surface area contributed by atoms with Crippen molar-refractivity contribution in [2.75, 3.05) is 13.7 Å². The Bertz CT molecular complexity index is 194. The van der Waals surface area contributed by atoms with Crippen molar-refractivity contribution in [2.24, 2.45) is 5.73 Å². The smallest absolute Gasteiger partial charge is 0.251 e. The van der Waals surface area contributed by atoms with Gasteiger partial charge in [0.15, 0.2) is 0 Å². The van der Waals surface area contributed by atoms with E-state index in [0.29, 0.717) is 6.42 Å². The summed E-state index contributed by atoms with van der Waals surface area (Å²) in [6.45, 7) is 2.05. The summed E-state index contributed by atoms with van der Waals surface area (Å²) in [4.78, 5) is 11.3. The highest BCUT2D eigenvalue weighted by molar-refractivity contribution is 5.81. The Morgan fingerprint density at radius 3 is 2.69 bits per heavy atom. The average Bonchev–Trinajstić information content (AvgIpc) is 2.16. The molecular formula is C9H16N2O2. The van der Waals surface area contributed by atoms with E-state index >= 15 is 0 Å². The van der Waals surface area contributed by atoms with Crippen LogP contribution in [0.1, 0.15) is 13.3 Å². The molecule has 0 aromatic carbocycles. The molecule has 2 unspecified atom stereocenters. The van der Waals surface area contributed by atoms with E-state index in [1.165, 1.54) is 7.11 Å². The van der Waals surface area contributed by atoms with E-state index in [-0.39, 0.29) is 18.5 Å². The fraction of sp³-hybridized carbons (Fsp3) is 0.667.